The normalized spacial score (nSPS) is 21.7. The largest absolute Gasteiger partial charge is 0.388 e. The molecule has 1 saturated carbocycles. The van der Waals surface area contributed by atoms with Gasteiger partial charge in [-0.1, -0.05) is 45.0 Å². The van der Waals surface area contributed by atoms with E-state index in [4.69, 9.17) is 0 Å². The zero-order valence-corrected chi connectivity index (χ0v) is 12.5. The third-order valence-electron chi connectivity index (χ3n) is 4.33. The van der Waals surface area contributed by atoms with Crippen LogP contribution in [-0.4, -0.2) is 11.0 Å². The quantitative estimate of drug-likeness (QED) is 0.822. The molecule has 0 aliphatic heterocycles. The van der Waals surface area contributed by atoms with Gasteiger partial charge in [-0.2, -0.15) is 0 Å². The van der Waals surface area contributed by atoms with Crippen molar-refractivity contribution in [2.24, 2.45) is 5.92 Å². The van der Waals surface area contributed by atoms with Gasteiger partial charge in [-0.05, 0) is 35.3 Å². The van der Waals surface area contributed by atoms with Gasteiger partial charge in [0.2, 0.25) is 5.92 Å². The van der Waals surface area contributed by atoms with Crippen LogP contribution in [0.2, 0.25) is 0 Å². The Hall–Kier alpha value is -0.960. The molecule has 1 aromatic carbocycles. The molecule has 0 saturated heterocycles. The van der Waals surface area contributed by atoms with Crippen LogP contribution in [-0.2, 0) is 5.41 Å². The van der Waals surface area contributed by atoms with Gasteiger partial charge in [0.05, 0.1) is 6.10 Å². The number of hydrogen-bond acceptors (Lipinski definition) is 1. The van der Waals surface area contributed by atoms with Crippen LogP contribution < -0.4 is 0 Å². The number of aliphatic hydroxyl groups is 1. The highest BCUT2D eigenvalue weighted by atomic mass is 19.3. The molecular weight excluding hydrogens is 258 g/mol. The number of alkyl halides is 2. The van der Waals surface area contributed by atoms with Crippen molar-refractivity contribution >= 4 is 0 Å². The number of hydrogen-bond donors (Lipinski definition) is 1. The zero-order valence-electron chi connectivity index (χ0n) is 12.5. The maximum atomic E-state index is 13.1. The van der Waals surface area contributed by atoms with E-state index >= 15 is 0 Å². The SMILES string of the molecule is CC(C)(C)c1ccc(C(O)C2CCC(F)(F)CC2)cc1. The molecule has 20 heavy (non-hydrogen) atoms. The fourth-order valence-electron chi connectivity index (χ4n) is 2.83. The summed E-state index contributed by atoms with van der Waals surface area (Å²) in [5.74, 6) is -2.58. The van der Waals surface area contributed by atoms with Crippen molar-refractivity contribution in [2.45, 2.75) is 63.9 Å². The Bertz CT molecular complexity index is 435. The Morgan fingerprint density at radius 2 is 1.60 bits per heavy atom. The Morgan fingerprint density at radius 1 is 1.10 bits per heavy atom. The van der Waals surface area contributed by atoms with E-state index < -0.39 is 12.0 Å². The molecule has 0 amide bonds. The minimum atomic E-state index is -2.54. The van der Waals surface area contributed by atoms with Gasteiger partial charge in [-0.3, -0.25) is 0 Å². The first-order valence-electron chi connectivity index (χ1n) is 7.35. The van der Waals surface area contributed by atoms with E-state index in [0.717, 1.165) is 5.56 Å². The second kappa shape index (κ2) is 5.44. The van der Waals surface area contributed by atoms with E-state index in [0.29, 0.717) is 12.8 Å². The van der Waals surface area contributed by atoms with Crippen molar-refractivity contribution in [1.29, 1.82) is 0 Å². The molecule has 1 fully saturated rings. The van der Waals surface area contributed by atoms with Gasteiger partial charge in [0.25, 0.3) is 0 Å². The molecule has 1 nitrogen and oxygen atoms in total. The summed E-state index contributed by atoms with van der Waals surface area (Å²) in [5.41, 5.74) is 2.13. The monoisotopic (exact) mass is 282 g/mol. The van der Waals surface area contributed by atoms with E-state index in [1.165, 1.54) is 5.56 Å². The Kier molecular flexibility index (Phi) is 4.19. The van der Waals surface area contributed by atoms with Crippen molar-refractivity contribution in [3.05, 3.63) is 35.4 Å². The zero-order chi connectivity index (χ0) is 15.0. The van der Waals surface area contributed by atoms with Crippen molar-refractivity contribution in [3.8, 4) is 0 Å². The number of aliphatic hydroxyl groups excluding tert-OH is 1. The molecule has 2 rings (SSSR count). The molecule has 112 valence electrons. The first kappa shape index (κ1) is 15.4. The first-order chi connectivity index (χ1) is 9.19. The number of benzene rings is 1. The lowest BCUT2D eigenvalue weighted by atomic mass is 9.80. The molecule has 0 bridgehead atoms. The average Bonchev–Trinajstić information content (AvgIpc) is 2.37. The van der Waals surface area contributed by atoms with E-state index in [9.17, 15) is 13.9 Å². The highest BCUT2D eigenvalue weighted by Crippen LogP contribution is 2.41. The number of halogens is 2. The average molecular weight is 282 g/mol. The van der Waals surface area contributed by atoms with Crippen LogP contribution in [0.3, 0.4) is 0 Å². The van der Waals surface area contributed by atoms with Crippen LogP contribution >= 0.6 is 0 Å². The molecule has 1 N–H and O–H groups in total. The summed E-state index contributed by atoms with van der Waals surface area (Å²) in [5, 5.41) is 10.4. The van der Waals surface area contributed by atoms with Crippen molar-refractivity contribution < 1.29 is 13.9 Å². The molecule has 1 unspecified atom stereocenters. The summed E-state index contributed by atoms with van der Waals surface area (Å²) in [4.78, 5) is 0. The molecule has 1 aromatic rings. The molecule has 3 heteroatoms. The minimum absolute atomic E-state index is 0.0462. The molecule has 0 spiro atoms. The third kappa shape index (κ3) is 3.57. The molecule has 1 atom stereocenters. The molecular formula is C17H24F2O. The van der Waals surface area contributed by atoms with Crippen LogP contribution in [0.25, 0.3) is 0 Å². The Labute approximate surface area is 120 Å². The van der Waals surface area contributed by atoms with Crippen LogP contribution in [0.5, 0.6) is 0 Å². The van der Waals surface area contributed by atoms with Crippen LogP contribution in [0.1, 0.15) is 63.7 Å². The van der Waals surface area contributed by atoms with E-state index in [1.807, 2.05) is 24.3 Å². The standard InChI is InChI=1S/C17H24F2O/c1-16(2,3)14-6-4-12(5-7-14)15(20)13-8-10-17(18,19)11-9-13/h4-7,13,15,20H,8-11H2,1-3H3. The van der Waals surface area contributed by atoms with Gasteiger partial charge in [-0.25, -0.2) is 8.78 Å². The summed E-state index contributed by atoms with van der Waals surface area (Å²) >= 11 is 0. The van der Waals surface area contributed by atoms with E-state index in [-0.39, 0.29) is 24.2 Å². The van der Waals surface area contributed by atoms with Crippen molar-refractivity contribution in [2.75, 3.05) is 0 Å². The number of rotatable bonds is 2. The predicted octanol–water partition coefficient (Wildman–Crippen LogP) is 4.84. The van der Waals surface area contributed by atoms with E-state index in [2.05, 4.69) is 20.8 Å². The third-order valence-corrected chi connectivity index (χ3v) is 4.33. The summed E-state index contributed by atoms with van der Waals surface area (Å²) in [7, 11) is 0. The molecule has 0 heterocycles. The first-order valence-corrected chi connectivity index (χ1v) is 7.35. The van der Waals surface area contributed by atoms with Gasteiger partial charge in [0.1, 0.15) is 0 Å². The van der Waals surface area contributed by atoms with Crippen molar-refractivity contribution in [3.63, 3.8) is 0 Å². The maximum absolute atomic E-state index is 13.1. The summed E-state index contributed by atoms with van der Waals surface area (Å²) in [6.45, 7) is 6.42. The van der Waals surface area contributed by atoms with Crippen LogP contribution in [0, 0.1) is 5.92 Å². The summed E-state index contributed by atoms with van der Waals surface area (Å²) < 4.78 is 26.3. The smallest absolute Gasteiger partial charge is 0.248 e. The molecule has 0 aromatic heterocycles. The topological polar surface area (TPSA) is 20.2 Å². The van der Waals surface area contributed by atoms with Gasteiger partial charge < -0.3 is 5.11 Å². The molecule has 1 aliphatic carbocycles. The second-order valence-corrected chi connectivity index (χ2v) is 7.01. The highest BCUT2D eigenvalue weighted by molar-refractivity contribution is 5.29. The maximum Gasteiger partial charge on any atom is 0.248 e. The van der Waals surface area contributed by atoms with Gasteiger partial charge in [0, 0.05) is 12.8 Å². The lowest BCUT2D eigenvalue weighted by Gasteiger charge is -2.31. The molecule has 1 aliphatic rings. The molecule has 0 radical (unpaired) electrons. The Balaban J connectivity index is 2.05. The van der Waals surface area contributed by atoms with Crippen molar-refractivity contribution in [1.82, 2.24) is 0 Å². The van der Waals surface area contributed by atoms with Crippen LogP contribution in [0.4, 0.5) is 8.78 Å². The lowest BCUT2D eigenvalue weighted by molar-refractivity contribution is -0.0627. The predicted molar refractivity (Wildman–Crippen MR) is 77.0 cm³/mol. The highest BCUT2D eigenvalue weighted by Gasteiger charge is 2.37. The van der Waals surface area contributed by atoms with Gasteiger partial charge in [-0.15, -0.1) is 0 Å². The van der Waals surface area contributed by atoms with Crippen LogP contribution in [0.15, 0.2) is 24.3 Å². The fourth-order valence-corrected chi connectivity index (χ4v) is 2.83. The lowest BCUT2D eigenvalue weighted by Crippen LogP contribution is -2.27. The van der Waals surface area contributed by atoms with Gasteiger partial charge in [0.15, 0.2) is 0 Å². The minimum Gasteiger partial charge on any atom is -0.388 e. The second-order valence-electron chi connectivity index (χ2n) is 7.01. The summed E-state index contributed by atoms with van der Waals surface area (Å²) in [6, 6.07) is 7.90. The summed E-state index contributed by atoms with van der Waals surface area (Å²) in [6.07, 6.45) is -0.0336. The Morgan fingerprint density at radius 3 is 2.05 bits per heavy atom. The van der Waals surface area contributed by atoms with Gasteiger partial charge >= 0.3 is 0 Å². The van der Waals surface area contributed by atoms with E-state index in [1.54, 1.807) is 0 Å². The fraction of sp³-hybridized carbons (Fsp3) is 0.647.